The monoisotopic (exact) mass is 431 g/mol. The molecule has 154 valence electrons. The highest BCUT2D eigenvalue weighted by Gasteiger charge is 2.31. The van der Waals surface area contributed by atoms with E-state index >= 15 is 0 Å². The molecule has 30 heavy (non-hydrogen) atoms. The molecule has 1 aliphatic rings. The summed E-state index contributed by atoms with van der Waals surface area (Å²) >= 11 is 6.08. The third-order valence-corrected chi connectivity index (χ3v) is 4.81. The predicted octanol–water partition coefficient (Wildman–Crippen LogP) is 7.02. The van der Waals surface area contributed by atoms with Crippen molar-refractivity contribution >= 4 is 23.0 Å². The second kappa shape index (κ2) is 7.95. The van der Waals surface area contributed by atoms with Crippen LogP contribution >= 0.6 is 11.6 Å². The third kappa shape index (κ3) is 4.71. The number of nitrogens with one attached hydrogen (secondary N) is 1. The normalized spacial score (nSPS) is 13.4. The molecule has 7 heteroatoms. The molecule has 3 aromatic carbocycles. The van der Waals surface area contributed by atoms with Crippen LogP contribution in [-0.2, 0) is 6.42 Å². The van der Waals surface area contributed by atoms with E-state index in [-0.39, 0.29) is 5.75 Å². The highest BCUT2D eigenvalue weighted by atomic mass is 35.5. The second-order valence-corrected chi connectivity index (χ2v) is 7.31. The van der Waals surface area contributed by atoms with Crippen molar-refractivity contribution in [2.45, 2.75) is 19.7 Å². The van der Waals surface area contributed by atoms with Gasteiger partial charge in [-0.05, 0) is 60.9 Å². The molecule has 0 aromatic heterocycles. The Morgan fingerprint density at radius 2 is 1.70 bits per heavy atom. The van der Waals surface area contributed by atoms with Crippen molar-refractivity contribution in [1.29, 1.82) is 0 Å². The third-order valence-electron chi connectivity index (χ3n) is 4.57. The fourth-order valence-electron chi connectivity index (χ4n) is 3.33. The molecule has 0 spiro atoms. The molecule has 1 heterocycles. The van der Waals surface area contributed by atoms with Crippen LogP contribution in [0.3, 0.4) is 0 Å². The van der Waals surface area contributed by atoms with Gasteiger partial charge in [-0.25, -0.2) is 0 Å². The number of anilines is 1. The SMILES string of the molecule is CC1=C(c2cccc(Cc3cccc(OC(F)(F)F)c3)c2)Nc2cc(Cl)ccc2O1. The average molecular weight is 432 g/mol. The summed E-state index contributed by atoms with van der Waals surface area (Å²) in [4.78, 5) is 0. The largest absolute Gasteiger partial charge is 0.573 e. The van der Waals surface area contributed by atoms with E-state index in [4.69, 9.17) is 16.3 Å². The van der Waals surface area contributed by atoms with Crippen molar-refractivity contribution in [2.75, 3.05) is 5.32 Å². The lowest BCUT2D eigenvalue weighted by Gasteiger charge is -2.24. The molecule has 0 atom stereocenters. The van der Waals surface area contributed by atoms with E-state index in [0.717, 1.165) is 22.5 Å². The fraction of sp³-hybridized carbons (Fsp3) is 0.130. The number of rotatable bonds is 4. The average Bonchev–Trinajstić information content (AvgIpc) is 2.67. The summed E-state index contributed by atoms with van der Waals surface area (Å²) in [7, 11) is 0. The van der Waals surface area contributed by atoms with E-state index in [1.54, 1.807) is 30.3 Å². The van der Waals surface area contributed by atoms with Gasteiger partial charge in [0, 0.05) is 10.6 Å². The predicted molar refractivity (Wildman–Crippen MR) is 111 cm³/mol. The van der Waals surface area contributed by atoms with Crippen molar-refractivity contribution in [3.05, 3.63) is 94.2 Å². The van der Waals surface area contributed by atoms with Gasteiger partial charge in [0.1, 0.15) is 11.5 Å². The van der Waals surface area contributed by atoms with Crippen molar-refractivity contribution < 1.29 is 22.6 Å². The lowest BCUT2D eigenvalue weighted by Crippen LogP contribution is -2.17. The number of ether oxygens (including phenoxy) is 2. The van der Waals surface area contributed by atoms with Gasteiger partial charge >= 0.3 is 6.36 Å². The molecular weight excluding hydrogens is 415 g/mol. The van der Waals surface area contributed by atoms with Gasteiger partial charge in [-0.2, -0.15) is 0 Å². The molecule has 1 N–H and O–H groups in total. The molecule has 0 bridgehead atoms. The Balaban J connectivity index is 1.57. The summed E-state index contributed by atoms with van der Waals surface area (Å²) in [6, 6.07) is 19.1. The number of allylic oxidation sites excluding steroid dienone is 1. The summed E-state index contributed by atoms with van der Waals surface area (Å²) in [5, 5.41) is 3.95. The van der Waals surface area contributed by atoms with Crippen LogP contribution in [0.4, 0.5) is 18.9 Å². The van der Waals surface area contributed by atoms with Crippen molar-refractivity contribution in [2.24, 2.45) is 0 Å². The molecule has 0 radical (unpaired) electrons. The summed E-state index contributed by atoms with van der Waals surface area (Å²) < 4.78 is 47.3. The van der Waals surface area contributed by atoms with Gasteiger partial charge < -0.3 is 14.8 Å². The smallest absolute Gasteiger partial charge is 0.458 e. The van der Waals surface area contributed by atoms with Crippen LogP contribution in [-0.4, -0.2) is 6.36 Å². The first kappa shape index (κ1) is 20.2. The Bertz CT molecular complexity index is 1130. The summed E-state index contributed by atoms with van der Waals surface area (Å²) in [6.45, 7) is 1.87. The van der Waals surface area contributed by atoms with Crippen LogP contribution in [0.25, 0.3) is 5.70 Å². The first-order valence-corrected chi connectivity index (χ1v) is 9.54. The Labute approximate surface area is 176 Å². The maximum Gasteiger partial charge on any atom is 0.573 e. The lowest BCUT2D eigenvalue weighted by atomic mass is 10.0. The Hall–Kier alpha value is -3.12. The lowest BCUT2D eigenvalue weighted by molar-refractivity contribution is -0.274. The van der Waals surface area contributed by atoms with E-state index in [0.29, 0.717) is 28.5 Å². The van der Waals surface area contributed by atoms with Crippen molar-refractivity contribution in [1.82, 2.24) is 0 Å². The van der Waals surface area contributed by atoms with E-state index in [1.165, 1.54) is 12.1 Å². The molecule has 0 unspecified atom stereocenters. The molecular formula is C23H17ClF3NO2. The maximum atomic E-state index is 12.5. The number of fused-ring (bicyclic) bond motifs is 1. The highest BCUT2D eigenvalue weighted by Crippen LogP contribution is 2.37. The standard InChI is InChI=1S/C23H17ClF3NO2/c1-14-22(28-20-13-18(24)8-9-21(20)29-14)17-6-2-4-15(11-17)10-16-5-3-7-19(12-16)30-23(25,26)27/h2-9,11-13,28H,10H2,1H3. The number of hydrogen-bond donors (Lipinski definition) is 1. The summed E-state index contributed by atoms with van der Waals surface area (Å²) in [5.74, 6) is 1.17. The molecule has 0 aliphatic carbocycles. The van der Waals surface area contributed by atoms with Crippen LogP contribution in [0.15, 0.2) is 72.5 Å². The van der Waals surface area contributed by atoms with Gasteiger partial charge in [-0.15, -0.1) is 13.2 Å². The van der Waals surface area contributed by atoms with Crippen LogP contribution in [0.2, 0.25) is 5.02 Å². The van der Waals surface area contributed by atoms with Crippen molar-refractivity contribution in [3.8, 4) is 11.5 Å². The van der Waals surface area contributed by atoms with Gasteiger partial charge in [-0.1, -0.05) is 41.9 Å². The minimum atomic E-state index is -4.71. The molecule has 0 saturated carbocycles. The minimum Gasteiger partial charge on any atom is -0.458 e. The Morgan fingerprint density at radius 1 is 0.967 bits per heavy atom. The fourth-order valence-corrected chi connectivity index (χ4v) is 3.50. The molecule has 4 rings (SSSR count). The second-order valence-electron chi connectivity index (χ2n) is 6.87. The van der Waals surface area contributed by atoms with Crippen molar-refractivity contribution in [3.63, 3.8) is 0 Å². The van der Waals surface area contributed by atoms with Gasteiger partial charge in [0.2, 0.25) is 0 Å². The van der Waals surface area contributed by atoms with Crippen LogP contribution in [0, 0.1) is 0 Å². The summed E-state index contributed by atoms with van der Waals surface area (Å²) in [5.41, 5.74) is 4.13. The number of halogens is 4. The zero-order valence-corrected chi connectivity index (χ0v) is 16.6. The van der Waals surface area contributed by atoms with Crippen LogP contribution in [0.5, 0.6) is 11.5 Å². The highest BCUT2D eigenvalue weighted by molar-refractivity contribution is 6.31. The van der Waals surface area contributed by atoms with E-state index in [2.05, 4.69) is 10.1 Å². The molecule has 0 fully saturated rings. The Kier molecular flexibility index (Phi) is 5.35. The van der Waals surface area contributed by atoms with Gasteiger partial charge in [0.25, 0.3) is 0 Å². The molecule has 0 amide bonds. The topological polar surface area (TPSA) is 30.5 Å². The van der Waals surface area contributed by atoms with Gasteiger partial charge in [0.15, 0.2) is 5.75 Å². The van der Waals surface area contributed by atoms with Crippen LogP contribution in [0.1, 0.15) is 23.6 Å². The zero-order chi connectivity index (χ0) is 21.3. The van der Waals surface area contributed by atoms with Gasteiger partial charge in [-0.3, -0.25) is 0 Å². The number of alkyl halides is 3. The number of hydrogen-bond acceptors (Lipinski definition) is 3. The molecule has 3 aromatic rings. The zero-order valence-electron chi connectivity index (χ0n) is 15.9. The Morgan fingerprint density at radius 3 is 2.47 bits per heavy atom. The van der Waals surface area contributed by atoms with E-state index in [1.807, 2.05) is 31.2 Å². The van der Waals surface area contributed by atoms with Crippen LogP contribution < -0.4 is 14.8 Å². The molecule has 0 saturated heterocycles. The molecule has 3 nitrogen and oxygen atoms in total. The van der Waals surface area contributed by atoms with E-state index < -0.39 is 6.36 Å². The summed E-state index contributed by atoms with van der Waals surface area (Å²) in [6.07, 6.45) is -4.26. The quantitative estimate of drug-likeness (QED) is 0.481. The van der Waals surface area contributed by atoms with Gasteiger partial charge in [0.05, 0.1) is 11.4 Å². The number of benzene rings is 3. The molecule has 1 aliphatic heterocycles. The van der Waals surface area contributed by atoms with E-state index in [9.17, 15) is 13.2 Å². The minimum absolute atomic E-state index is 0.231. The maximum absolute atomic E-state index is 12.5. The first-order valence-electron chi connectivity index (χ1n) is 9.16. The first-order chi connectivity index (χ1) is 14.3.